The summed E-state index contributed by atoms with van der Waals surface area (Å²) in [5, 5.41) is 17.3. The number of hydrogen-bond donors (Lipinski definition) is 4. The van der Waals surface area contributed by atoms with Gasteiger partial charge >= 0.3 is 0 Å². The zero-order valence-electron chi connectivity index (χ0n) is 42.8. The predicted molar refractivity (Wildman–Crippen MR) is 286 cm³/mol. The number of nitrogens with zero attached hydrogens (tertiary/aromatic N) is 6. The van der Waals surface area contributed by atoms with Crippen LogP contribution in [0, 0.1) is 22.3 Å². The number of H-pyrrole nitrogens is 2. The molecule has 1 atom stereocenters. The molecule has 16 nitrogen and oxygen atoms in total. The topological polar surface area (TPSA) is 187 Å². The fourth-order valence-electron chi connectivity index (χ4n) is 11.9. The Morgan fingerprint density at radius 1 is 0.947 bits per heavy atom. The van der Waals surface area contributed by atoms with Crippen LogP contribution in [-0.2, 0) is 21.3 Å². The van der Waals surface area contributed by atoms with Crippen molar-refractivity contribution in [1.82, 2.24) is 34.5 Å². The molecule has 0 bridgehead atoms. The van der Waals surface area contributed by atoms with Gasteiger partial charge in [-0.2, -0.15) is 0 Å². The molecule has 0 radical (unpaired) electrons. The van der Waals surface area contributed by atoms with Crippen molar-refractivity contribution >= 4 is 55.1 Å². The van der Waals surface area contributed by atoms with Gasteiger partial charge in [-0.15, -0.1) is 0 Å². The second-order valence-corrected chi connectivity index (χ2v) is 23.0. The van der Waals surface area contributed by atoms with Crippen LogP contribution in [0.2, 0.25) is 0 Å². The molecule has 20 heteroatoms. The molecule has 4 N–H and O–H groups in total. The molecule has 1 spiro atoms. The minimum absolute atomic E-state index is 0.0530. The molecule has 1 amide bonds. The van der Waals surface area contributed by atoms with Crippen molar-refractivity contribution in [3.8, 4) is 11.5 Å². The predicted octanol–water partition coefficient (Wildman–Crippen LogP) is 9.92. The third-order valence-electron chi connectivity index (χ3n) is 16.2. The third-order valence-corrected chi connectivity index (χ3v) is 17.5. The smallest absolute Gasteiger partial charge is 0.268 e. The number of ether oxygens (including phenoxy) is 2. The largest absolute Gasteiger partial charge is 0.758 e. The Hall–Kier alpha value is -6.71. The first kappa shape index (κ1) is 51.4. The molecule has 1 aliphatic carbocycles. The van der Waals surface area contributed by atoms with E-state index in [-0.39, 0.29) is 77.8 Å². The fraction of sp³-hybridized carbons (Fsp3) is 0.411. The van der Waals surface area contributed by atoms with Crippen molar-refractivity contribution in [2.24, 2.45) is 5.41 Å². The molecule has 7 aromatic rings. The number of aromatic amines is 2. The van der Waals surface area contributed by atoms with Crippen molar-refractivity contribution < 1.29 is 35.9 Å². The van der Waals surface area contributed by atoms with Gasteiger partial charge < -0.3 is 39.9 Å². The molecule has 3 aromatic heterocycles. The number of anilines is 3. The monoisotopic (exact) mass is 1060 g/mol. The summed E-state index contributed by atoms with van der Waals surface area (Å²) in [5.74, 6) is -1.87. The maximum absolute atomic E-state index is 15.7. The first-order chi connectivity index (χ1) is 36.5. The van der Waals surface area contributed by atoms with Gasteiger partial charge in [-0.3, -0.25) is 14.6 Å². The van der Waals surface area contributed by atoms with E-state index in [0.717, 1.165) is 81.1 Å². The van der Waals surface area contributed by atoms with E-state index in [4.69, 9.17) is 9.47 Å². The van der Waals surface area contributed by atoms with Gasteiger partial charge in [0, 0.05) is 107 Å². The molecule has 4 aromatic carbocycles. The molecule has 4 aliphatic rings. The van der Waals surface area contributed by atoms with Gasteiger partial charge in [-0.05, 0) is 103 Å². The molecule has 11 rings (SSSR count). The highest BCUT2D eigenvalue weighted by Crippen LogP contribution is 2.53. The third kappa shape index (κ3) is 10.3. The number of imidazole rings is 1. The highest BCUT2D eigenvalue weighted by molar-refractivity contribution is 7.90. The van der Waals surface area contributed by atoms with E-state index in [1.807, 2.05) is 6.07 Å². The number of pyridine rings is 1. The molecule has 6 heterocycles. The molecule has 3 saturated heterocycles. The number of hydroxylamine groups is 1. The number of hydrogen-bond acceptors (Lipinski definition) is 13. The average Bonchev–Trinajstić information content (AvgIpc) is 4.13. The first-order valence-corrected chi connectivity index (χ1v) is 27.5. The van der Waals surface area contributed by atoms with Crippen LogP contribution < -0.4 is 24.7 Å². The number of nitrogens with one attached hydrogen (secondary N) is 4. The summed E-state index contributed by atoms with van der Waals surface area (Å²) in [6.07, 6.45) is 8.89. The maximum atomic E-state index is 15.7. The van der Waals surface area contributed by atoms with E-state index in [2.05, 4.69) is 82.8 Å². The van der Waals surface area contributed by atoms with E-state index in [1.165, 1.54) is 42.8 Å². The summed E-state index contributed by atoms with van der Waals surface area (Å²) in [6, 6.07) is 23.3. The van der Waals surface area contributed by atoms with E-state index >= 15 is 4.39 Å². The Balaban J connectivity index is 0.811. The number of aromatic nitrogens is 4. The Bertz CT molecular complexity index is 3380. The van der Waals surface area contributed by atoms with Crippen LogP contribution in [0.5, 0.6) is 11.5 Å². The zero-order chi connectivity index (χ0) is 52.9. The Morgan fingerprint density at radius 2 is 1.74 bits per heavy atom. The van der Waals surface area contributed by atoms with Crippen molar-refractivity contribution in [1.29, 1.82) is 0 Å². The van der Waals surface area contributed by atoms with Crippen LogP contribution in [0.1, 0.15) is 91.4 Å². The number of alkyl halides is 1. The summed E-state index contributed by atoms with van der Waals surface area (Å²) >= 11 is 0. The average molecular weight is 1060 g/mol. The first-order valence-electron chi connectivity index (χ1n) is 26.0. The number of piperidine rings is 1. The van der Waals surface area contributed by atoms with Gasteiger partial charge in [0.05, 0.1) is 35.0 Å². The number of halogens is 3. The molecule has 76 heavy (non-hydrogen) atoms. The van der Waals surface area contributed by atoms with Crippen LogP contribution in [0.15, 0.2) is 102 Å². The molecule has 1 saturated carbocycles. The minimum atomic E-state index is -4.71. The zero-order valence-corrected chi connectivity index (χ0v) is 43.6. The molecular formula is C56H62F3N10O6S-. The second kappa shape index (κ2) is 20.7. The number of benzene rings is 4. The number of amides is 1. The van der Waals surface area contributed by atoms with Crippen LogP contribution in [-0.4, -0.2) is 115 Å². The number of rotatable bonds is 15. The molecular weight excluding hydrogens is 998 g/mol. The van der Waals surface area contributed by atoms with Crippen molar-refractivity contribution in [2.45, 2.75) is 87.5 Å². The fourth-order valence-corrected chi connectivity index (χ4v) is 13.1. The van der Waals surface area contributed by atoms with E-state index in [1.54, 1.807) is 36.5 Å². The molecule has 4 fully saturated rings. The van der Waals surface area contributed by atoms with Gasteiger partial charge in [-0.25, -0.2) is 36.3 Å². The summed E-state index contributed by atoms with van der Waals surface area (Å²) in [7, 11) is -3.51. The van der Waals surface area contributed by atoms with Crippen LogP contribution in [0.3, 0.4) is 0 Å². The Kier molecular flexibility index (Phi) is 14.0. The highest BCUT2D eigenvalue weighted by Gasteiger charge is 2.50. The van der Waals surface area contributed by atoms with Gasteiger partial charge in [0.1, 0.15) is 33.2 Å². The summed E-state index contributed by atoms with van der Waals surface area (Å²) in [4.78, 5) is 35.9. The Morgan fingerprint density at radius 3 is 2.50 bits per heavy atom. The van der Waals surface area contributed by atoms with Crippen LogP contribution in [0.25, 0.3) is 22.1 Å². The van der Waals surface area contributed by atoms with Gasteiger partial charge in [0.2, 0.25) is 0 Å². The standard InChI is InChI=1S/C56H62F3N10O6S/c1-35(2)41-6-4-5-7-42(41)47-32-67(31-36-8-11-44(57)45(58)24-36)20-21-69(47)39-28-55(29-39)13-18-68(19-14-55)38-9-10-43(48(26-38)75-40-25-37-12-17-60-53(37)61-30-40)54(70)65-76(72,73)49-27-46(66(3)71)50(52-51(49)63-34-64-52)62-33-56(59)15-22-74-23-16-56/h4-12,17,24-27,30,34-35,39,47,62H,13-16,18-23,28-29,31-33H2,1-3H3,(H,60,61)(H,63,64)(H,65,70)/q-1/t47-/m0/s1. The van der Waals surface area contributed by atoms with E-state index in [0.29, 0.717) is 35.0 Å². The number of fused-ring (bicyclic) bond motifs is 2. The van der Waals surface area contributed by atoms with Gasteiger partial charge in [0.25, 0.3) is 15.9 Å². The lowest BCUT2D eigenvalue weighted by Gasteiger charge is -2.58. The number of carbonyl (C=O) groups is 1. The van der Waals surface area contributed by atoms with Crippen molar-refractivity contribution in [3.05, 3.63) is 137 Å². The molecule has 400 valence electrons. The van der Waals surface area contributed by atoms with Crippen molar-refractivity contribution in [2.75, 3.05) is 74.8 Å². The lowest BCUT2D eigenvalue weighted by molar-refractivity contribution is -0.0628. The highest BCUT2D eigenvalue weighted by atomic mass is 32.2. The molecule has 0 unspecified atom stereocenters. The number of sulfonamides is 1. The number of piperazine rings is 1. The second-order valence-electron chi connectivity index (χ2n) is 21.4. The summed E-state index contributed by atoms with van der Waals surface area (Å²) in [5.41, 5.74) is 3.50. The normalized spacial score (nSPS) is 19.3. The maximum Gasteiger partial charge on any atom is 0.268 e. The van der Waals surface area contributed by atoms with E-state index < -0.39 is 38.1 Å². The Labute approximate surface area is 439 Å². The number of carbonyl (C=O) groups excluding carboxylic acids is 1. The summed E-state index contributed by atoms with van der Waals surface area (Å²) in [6.45, 7) is 9.31. The molecule has 3 aliphatic heterocycles. The van der Waals surface area contributed by atoms with Gasteiger partial charge in [0.15, 0.2) is 11.6 Å². The SMILES string of the molecule is CC(C)c1ccccc1[C@@H]1CN(Cc2ccc(F)c(F)c2)CCN1C1CC2(CCN(c3ccc(C(=O)NS(=O)(=O)c4cc(N(C)[O-])c(NCC5(F)CCOCC5)c5[nH]cnc45)c(Oc4cnc5[nH]ccc5c4)c3)CC2)C1. The summed E-state index contributed by atoms with van der Waals surface area (Å²) < 4.78 is 86.4. The lowest BCUT2D eigenvalue weighted by atomic mass is 9.59. The van der Waals surface area contributed by atoms with E-state index in [9.17, 15) is 27.2 Å². The van der Waals surface area contributed by atoms with Crippen LogP contribution in [0.4, 0.5) is 30.2 Å². The minimum Gasteiger partial charge on any atom is -0.758 e. The van der Waals surface area contributed by atoms with Crippen molar-refractivity contribution in [3.63, 3.8) is 0 Å². The van der Waals surface area contributed by atoms with Gasteiger partial charge in [-0.1, -0.05) is 44.2 Å². The lowest BCUT2D eigenvalue weighted by Crippen LogP contribution is -2.60. The van der Waals surface area contributed by atoms with Crippen LogP contribution >= 0.6 is 0 Å². The quantitative estimate of drug-likeness (QED) is 0.0712.